The topological polar surface area (TPSA) is 70.1 Å². The molecular weight excluding hydrogens is 504 g/mol. The standard InChI is InChI=1S/C30H27ClN2O5/c1-35-24-9-5-19(6-10-24)29-22(13-20-4-8-23(31)15-26(20)32-29)16-33(17-25-3-2-12-36-25)30(34)21-7-11-27-28(14-21)38-18-37-27/h4-11,13-15,25H,2-3,12,16-18H2,1H3/t25-/m0/s1. The largest absolute Gasteiger partial charge is 0.497 e. The minimum Gasteiger partial charge on any atom is -0.497 e. The van der Waals surface area contributed by atoms with Gasteiger partial charge in [-0.15, -0.1) is 0 Å². The number of carbonyl (C=O) groups is 1. The molecule has 0 bridgehead atoms. The van der Waals surface area contributed by atoms with Crippen LogP contribution in [-0.4, -0.2) is 48.9 Å². The lowest BCUT2D eigenvalue weighted by Gasteiger charge is -2.27. The Hall–Kier alpha value is -3.81. The van der Waals surface area contributed by atoms with E-state index in [4.69, 9.17) is 35.5 Å². The summed E-state index contributed by atoms with van der Waals surface area (Å²) in [6.07, 6.45) is 1.90. The summed E-state index contributed by atoms with van der Waals surface area (Å²) in [4.78, 5) is 20.7. The summed E-state index contributed by atoms with van der Waals surface area (Å²) in [5, 5.41) is 1.57. The highest BCUT2D eigenvalue weighted by Crippen LogP contribution is 2.34. The van der Waals surface area contributed by atoms with Gasteiger partial charge in [0.2, 0.25) is 6.79 Å². The highest BCUT2D eigenvalue weighted by molar-refractivity contribution is 6.31. The molecule has 0 radical (unpaired) electrons. The van der Waals surface area contributed by atoms with Gasteiger partial charge in [0, 0.05) is 41.2 Å². The van der Waals surface area contributed by atoms with Crippen LogP contribution in [0, 0.1) is 0 Å². The molecule has 1 amide bonds. The Kier molecular flexibility index (Phi) is 6.79. The molecule has 1 saturated heterocycles. The summed E-state index contributed by atoms with van der Waals surface area (Å²) in [5.74, 6) is 1.88. The van der Waals surface area contributed by atoms with Crippen molar-refractivity contribution in [3.63, 3.8) is 0 Å². The third-order valence-corrected chi connectivity index (χ3v) is 7.17. The Morgan fingerprint density at radius 3 is 2.68 bits per heavy atom. The lowest BCUT2D eigenvalue weighted by atomic mass is 10.0. The van der Waals surface area contributed by atoms with Crippen molar-refractivity contribution in [2.24, 2.45) is 0 Å². The van der Waals surface area contributed by atoms with Gasteiger partial charge in [-0.25, -0.2) is 4.98 Å². The van der Waals surface area contributed by atoms with Gasteiger partial charge in [0.25, 0.3) is 5.91 Å². The Balaban J connectivity index is 1.41. The van der Waals surface area contributed by atoms with Crippen molar-refractivity contribution in [1.29, 1.82) is 0 Å². The zero-order chi connectivity index (χ0) is 26.1. The zero-order valence-electron chi connectivity index (χ0n) is 21.0. The Labute approximate surface area is 225 Å². The number of halogens is 1. The van der Waals surface area contributed by atoms with Crippen molar-refractivity contribution in [3.8, 4) is 28.5 Å². The molecule has 2 aliphatic rings. The molecule has 7 nitrogen and oxygen atoms in total. The Bertz CT molecular complexity index is 1480. The molecule has 0 saturated carbocycles. The predicted molar refractivity (Wildman–Crippen MR) is 145 cm³/mol. The van der Waals surface area contributed by atoms with Crippen molar-refractivity contribution in [3.05, 3.63) is 82.9 Å². The molecule has 1 fully saturated rings. The molecule has 4 aromatic rings. The van der Waals surface area contributed by atoms with E-state index in [1.165, 1.54) is 0 Å². The summed E-state index contributed by atoms with van der Waals surface area (Å²) >= 11 is 6.28. The summed E-state index contributed by atoms with van der Waals surface area (Å²) in [7, 11) is 1.64. The smallest absolute Gasteiger partial charge is 0.254 e. The van der Waals surface area contributed by atoms with Crippen LogP contribution in [0.15, 0.2) is 66.7 Å². The molecule has 1 atom stereocenters. The number of fused-ring (bicyclic) bond motifs is 2. The molecule has 0 N–H and O–H groups in total. The number of carbonyl (C=O) groups excluding carboxylic acids is 1. The fourth-order valence-electron chi connectivity index (χ4n) is 4.97. The predicted octanol–water partition coefficient (Wildman–Crippen LogP) is 6.11. The van der Waals surface area contributed by atoms with Gasteiger partial charge in [-0.2, -0.15) is 0 Å². The van der Waals surface area contributed by atoms with Crippen molar-refractivity contribution >= 4 is 28.4 Å². The first kappa shape index (κ1) is 24.5. The quantitative estimate of drug-likeness (QED) is 0.287. The molecule has 194 valence electrons. The van der Waals surface area contributed by atoms with Crippen LogP contribution in [0.4, 0.5) is 0 Å². The monoisotopic (exact) mass is 530 g/mol. The Morgan fingerprint density at radius 2 is 1.89 bits per heavy atom. The molecule has 0 spiro atoms. The molecular formula is C30H27ClN2O5. The van der Waals surface area contributed by atoms with Crippen LogP contribution in [0.5, 0.6) is 17.2 Å². The van der Waals surface area contributed by atoms with E-state index in [1.54, 1.807) is 25.3 Å². The van der Waals surface area contributed by atoms with Gasteiger partial charge in [0.1, 0.15) is 5.75 Å². The SMILES string of the molecule is COc1ccc(-c2nc3cc(Cl)ccc3cc2CN(C[C@@H]2CCCO2)C(=O)c2ccc3c(c2)OCO3)cc1. The molecule has 8 heteroatoms. The average molecular weight is 531 g/mol. The van der Waals surface area contributed by atoms with Gasteiger partial charge in [-0.3, -0.25) is 4.79 Å². The van der Waals surface area contributed by atoms with Crippen LogP contribution in [0.25, 0.3) is 22.2 Å². The van der Waals surface area contributed by atoms with E-state index in [1.807, 2.05) is 47.4 Å². The molecule has 2 aliphatic heterocycles. The number of methoxy groups -OCH3 is 1. The van der Waals surface area contributed by atoms with Crippen LogP contribution in [0.3, 0.4) is 0 Å². The number of hydrogen-bond donors (Lipinski definition) is 0. The minimum absolute atomic E-state index is 0.00961. The molecule has 1 aromatic heterocycles. The zero-order valence-corrected chi connectivity index (χ0v) is 21.7. The molecule has 0 aliphatic carbocycles. The number of hydrogen-bond acceptors (Lipinski definition) is 6. The van der Waals surface area contributed by atoms with Crippen molar-refractivity contribution in [2.75, 3.05) is 27.1 Å². The van der Waals surface area contributed by atoms with E-state index in [2.05, 4.69) is 6.07 Å². The Morgan fingerprint density at radius 1 is 1.05 bits per heavy atom. The third kappa shape index (κ3) is 4.99. The van der Waals surface area contributed by atoms with Crippen molar-refractivity contribution in [1.82, 2.24) is 9.88 Å². The van der Waals surface area contributed by atoms with E-state index in [0.717, 1.165) is 46.3 Å². The summed E-state index contributed by atoms with van der Waals surface area (Å²) in [6.45, 7) is 1.71. The number of benzene rings is 3. The highest BCUT2D eigenvalue weighted by Gasteiger charge is 2.26. The number of nitrogens with zero attached hydrogens (tertiary/aromatic N) is 2. The molecule has 3 aromatic carbocycles. The second kappa shape index (κ2) is 10.5. The van der Waals surface area contributed by atoms with E-state index >= 15 is 0 Å². The normalized spacial score (nSPS) is 16.1. The lowest BCUT2D eigenvalue weighted by molar-refractivity contribution is 0.0507. The van der Waals surface area contributed by atoms with Gasteiger partial charge in [0.05, 0.1) is 24.4 Å². The summed E-state index contributed by atoms with van der Waals surface area (Å²) < 4.78 is 22.2. The molecule has 0 unspecified atom stereocenters. The first-order valence-electron chi connectivity index (χ1n) is 12.6. The van der Waals surface area contributed by atoms with Crippen molar-refractivity contribution in [2.45, 2.75) is 25.5 Å². The number of amides is 1. The van der Waals surface area contributed by atoms with Gasteiger partial charge < -0.3 is 23.8 Å². The second-order valence-corrected chi connectivity index (χ2v) is 9.89. The van der Waals surface area contributed by atoms with Crippen LogP contribution in [-0.2, 0) is 11.3 Å². The fraction of sp³-hybridized carbons (Fsp3) is 0.267. The maximum Gasteiger partial charge on any atom is 0.254 e. The number of aromatic nitrogens is 1. The average Bonchev–Trinajstić information content (AvgIpc) is 3.64. The van der Waals surface area contributed by atoms with Crippen LogP contribution < -0.4 is 14.2 Å². The third-order valence-electron chi connectivity index (χ3n) is 6.94. The fourth-order valence-corrected chi connectivity index (χ4v) is 5.14. The van der Waals surface area contributed by atoms with Gasteiger partial charge in [0.15, 0.2) is 11.5 Å². The van der Waals surface area contributed by atoms with E-state index < -0.39 is 0 Å². The minimum atomic E-state index is -0.101. The van der Waals surface area contributed by atoms with E-state index in [0.29, 0.717) is 41.8 Å². The van der Waals surface area contributed by atoms with E-state index in [-0.39, 0.29) is 18.8 Å². The lowest BCUT2D eigenvalue weighted by Crippen LogP contribution is -2.37. The number of pyridine rings is 1. The van der Waals surface area contributed by atoms with E-state index in [9.17, 15) is 4.79 Å². The first-order valence-corrected chi connectivity index (χ1v) is 13.0. The van der Waals surface area contributed by atoms with Crippen LogP contribution >= 0.6 is 11.6 Å². The number of ether oxygens (including phenoxy) is 4. The maximum atomic E-state index is 13.9. The molecule has 6 rings (SSSR count). The van der Waals surface area contributed by atoms with Crippen molar-refractivity contribution < 1.29 is 23.7 Å². The highest BCUT2D eigenvalue weighted by atomic mass is 35.5. The van der Waals surface area contributed by atoms with Gasteiger partial charge in [-0.05, 0) is 79.1 Å². The summed E-state index contributed by atoms with van der Waals surface area (Å²) in [5.41, 5.74) is 3.98. The van der Waals surface area contributed by atoms with Crippen LogP contribution in [0.2, 0.25) is 5.02 Å². The maximum absolute atomic E-state index is 13.9. The molecule has 3 heterocycles. The summed E-state index contributed by atoms with van der Waals surface area (Å²) in [6, 6.07) is 20.8. The first-order chi connectivity index (χ1) is 18.6. The van der Waals surface area contributed by atoms with Gasteiger partial charge >= 0.3 is 0 Å². The van der Waals surface area contributed by atoms with Gasteiger partial charge in [-0.1, -0.05) is 17.7 Å². The second-order valence-electron chi connectivity index (χ2n) is 9.45. The van der Waals surface area contributed by atoms with Crippen LogP contribution in [0.1, 0.15) is 28.8 Å². The molecule has 38 heavy (non-hydrogen) atoms. The number of rotatable bonds is 7.